The van der Waals surface area contributed by atoms with E-state index < -0.39 is 9.84 Å². The second-order valence-electron chi connectivity index (χ2n) is 6.37. The standard InChI is InChI=1S/C20H16ClN3O3S/c21-15-3-6-18-17(11-15)20(24-7-9-27-10-8-24)19(13-23-18)28(25,26)16-4-1-14(12-22)2-5-16/h1-6,11,13H,7-10H2. The fraction of sp³-hybridized carbons (Fsp3) is 0.200. The average molecular weight is 414 g/mol. The summed E-state index contributed by atoms with van der Waals surface area (Å²) < 4.78 is 32.3. The first-order chi connectivity index (χ1) is 13.5. The molecule has 2 heterocycles. The van der Waals surface area contributed by atoms with Gasteiger partial charge in [0.15, 0.2) is 0 Å². The Morgan fingerprint density at radius 2 is 1.82 bits per heavy atom. The molecule has 1 saturated heterocycles. The molecule has 2 aromatic carbocycles. The molecule has 0 unspecified atom stereocenters. The second kappa shape index (κ2) is 7.40. The van der Waals surface area contributed by atoms with Gasteiger partial charge in [0.1, 0.15) is 4.90 Å². The molecule has 4 rings (SSSR count). The predicted molar refractivity (Wildman–Crippen MR) is 106 cm³/mol. The Morgan fingerprint density at radius 3 is 2.50 bits per heavy atom. The normalized spacial score (nSPS) is 14.8. The summed E-state index contributed by atoms with van der Waals surface area (Å²) in [5.74, 6) is 0. The van der Waals surface area contributed by atoms with Gasteiger partial charge in [-0.2, -0.15) is 5.26 Å². The van der Waals surface area contributed by atoms with E-state index in [1.165, 1.54) is 30.5 Å². The van der Waals surface area contributed by atoms with Crippen LogP contribution in [0.3, 0.4) is 0 Å². The molecule has 142 valence electrons. The highest BCUT2D eigenvalue weighted by atomic mass is 35.5. The lowest BCUT2D eigenvalue weighted by atomic mass is 10.1. The number of halogens is 1. The van der Waals surface area contributed by atoms with E-state index in [0.717, 1.165) is 0 Å². The van der Waals surface area contributed by atoms with Crippen LogP contribution in [0.2, 0.25) is 5.02 Å². The lowest BCUT2D eigenvalue weighted by Gasteiger charge is -2.31. The number of aromatic nitrogens is 1. The van der Waals surface area contributed by atoms with Gasteiger partial charge < -0.3 is 9.64 Å². The molecule has 6 nitrogen and oxygen atoms in total. The Bertz CT molecular complexity index is 1180. The molecule has 0 amide bonds. The van der Waals surface area contributed by atoms with Gasteiger partial charge in [-0.15, -0.1) is 0 Å². The van der Waals surface area contributed by atoms with Crippen LogP contribution in [0.25, 0.3) is 10.9 Å². The number of morpholine rings is 1. The number of ether oxygens (including phenoxy) is 1. The van der Waals surface area contributed by atoms with Crippen LogP contribution in [0, 0.1) is 11.3 Å². The summed E-state index contributed by atoms with van der Waals surface area (Å²) in [5, 5.41) is 10.2. The molecule has 0 atom stereocenters. The van der Waals surface area contributed by atoms with Gasteiger partial charge in [0.2, 0.25) is 9.84 Å². The highest BCUT2D eigenvalue weighted by molar-refractivity contribution is 7.91. The molecule has 0 radical (unpaired) electrons. The zero-order valence-electron chi connectivity index (χ0n) is 14.8. The van der Waals surface area contributed by atoms with Crippen molar-refractivity contribution in [3.05, 3.63) is 59.2 Å². The maximum atomic E-state index is 13.4. The number of pyridine rings is 1. The fourth-order valence-electron chi connectivity index (χ4n) is 3.28. The third-order valence-electron chi connectivity index (χ3n) is 4.68. The summed E-state index contributed by atoms with van der Waals surface area (Å²) in [7, 11) is -3.85. The van der Waals surface area contributed by atoms with E-state index in [9.17, 15) is 8.42 Å². The quantitative estimate of drug-likeness (QED) is 0.654. The number of hydrogen-bond donors (Lipinski definition) is 0. The molecule has 1 aliphatic rings. The van der Waals surface area contributed by atoms with Crippen molar-refractivity contribution in [2.75, 3.05) is 31.2 Å². The molecule has 3 aromatic rings. The Kier molecular flexibility index (Phi) is 4.94. The molecule has 0 bridgehead atoms. The van der Waals surface area contributed by atoms with Crippen molar-refractivity contribution in [2.45, 2.75) is 9.79 Å². The number of nitriles is 1. The van der Waals surface area contributed by atoms with Gasteiger partial charge in [-0.05, 0) is 42.5 Å². The smallest absolute Gasteiger partial charge is 0.210 e. The fourth-order valence-corrected chi connectivity index (χ4v) is 4.88. The van der Waals surface area contributed by atoms with E-state index in [1.54, 1.807) is 18.2 Å². The zero-order chi connectivity index (χ0) is 19.7. The van der Waals surface area contributed by atoms with Crippen molar-refractivity contribution in [1.29, 1.82) is 5.26 Å². The summed E-state index contributed by atoms with van der Waals surface area (Å²) >= 11 is 6.20. The minimum Gasteiger partial charge on any atom is -0.378 e. The van der Waals surface area contributed by atoms with Crippen molar-refractivity contribution >= 4 is 38.0 Å². The predicted octanol–water partition coefficient (Wildman–Crippen LogP) is 3.43. The minimum atomic E-state index is -3.85. The maximum Gasteiger partial charge on any atom is 0.210 e. The zero-order valence-corrected chi connectivity index (χ0v) is 16.4. The number of fused-ring (bicyclic) bond motifs is 1. The van der Waals surface area contributed by atoms with Crippen LogP contribution < -0.4 is 4.90 Å². The summed E-state index contributed by atoms with van der Waals surface area (Å²) in [4.78, 5) is 6.59. The topological polar surface area (TPSA) is 83.3 Å². The van der Waals surface area contributed by atoms with Gasteiger partial charge >= 0.3 is 0 Å². The van der Waals surface area contributed by atoms with Crippen LogP contribution in [0.4, 0.5) is 5.69 Å². The minimum absolute atomic E-state index is 0.115. The Hall–Kier alpha value is -2.66. The van der Waals surface area contributed by atoms with E-state index in [-0.39, 0.29) is 9.79 Å². The van der Waals surface area contributed by atoms with Crippen LogP contribution in [0.1, 0.15) is 5.56 Å². The number of nitrogens with zero attached hydrogens (tertiary/aromatic N) is 3. The van der Waals surface area contributed by atoms with Crippen molar-refractivity contribution in [1.82, 2.24) is 4.98 Å². The van der Waals surface area contributed by atoms with E-state index in [2.05, 4.69) is 4.98 Å². The Balaban J connectivity index is 1.96. The number of benzene rings is 2. The van der Waals surface area contributed by atoms with E-state index in [4.69, 9.17) is 21.6 Å². The van der Waals surface area contributed by atoms with Crippen molar-refractivity contribution in [2.24, 2.45) is 0 Å². The van der Waals surface area contributed by atoms with E-state index in [1.807, 2.05) is 11.0 Å². The molecule has 28 heavy (non-hydrogen) atoms. The van der Waals surface area contributed by atoms with E-state index in [0.29, 0.717) is 53.5 Å². The van der Waals surface area contributed by atoms with Crippen molar-refractivity contribution in [3.8, 4) is 6.07 Å². The van der Waals surface area contributed by atoms with Crippen LogP contribution in [-0.2, 0) is 14.6 Å². The monoisotopic (exact) mass is 413 g/mol. The van der Waals surface area contributed by atoms with Crippen molar-refractivity contribution < 1.29 is 13.2 Å². The molecule has 0 aliphatic carbocycles. The highest BCUT2D eigenvalue weighted by Crippen LogP contribution is 2.37. The third-order valence-corrected chi connectivity index (χ3v) is 6.68. The number of sulfone groups is 1. The molecule has 0 N–H and O–H groups in total. The molecule has 1 aromatic heterocycles. The average Bonchev–Trinajstić information content (AvgIpc) is 2.73. The van der Waals surface area contributed by atoms with Gasteiger partial charge in [0.25, 0.3) is 0 Å². The summed E-state index contributed by atoms with van der Waals surface area (Å²) in [6.45, 7) is 2.17. The van der Waals surface area contributed by atoms with Gasteiger partial charge in [-0.1, -0.05) is 11.6 Å². The van der Waals surface area contributed by atoms with Crippen LogP contribution in [0.15, 0.2) is 58.5 Å². The lowest BCUT2D eigenvalue weighted by molar-refractivity contribution is 0.122. The van der Waals surface area contributed by atoms with Gasteiger partial charge in [0.05, 0.1) is 40.9 Å². The lowest BCUT2D eigenvalue weighted by Crippen LogP contribution is -2.37. The first kappa shape index (κ1) is 18.7. The first-order valence-corrected chi connectivity index (χ1v) is 10.5. The Labute approximate surface area is 167 Å². The largest absolute Gasteiger partial charge is 0.378 e. The van der Waals surface area contributed by atoms with Crippen LogP contribution in [0.5, 0.6) is 0 Å². The van der Waals surface area contributed by atoms with Gasteiger partial charge in [-0.3, -0.25) is 4.98 Å². The first-order valence-electron chi connectivity index (χ1n) is 8.67. The molecule has 1 aliphatic heterocycles. The Morgan fingerprint density at radius 1 is 1.11 bits per heavy atom. The van der Waals surface area contributed by atoms with Crippen LogP contribution in [-0.4, -0.2) is 39.7 Å². The third kappa shape index (κ3) is 3.31. The number of anilines is 1. The molecular formula is C20H16ClN3O3S. The van der Waals surface area contributed by atoms with Gasteiger partial charge in [0, 0.05) is 29.7 Å². The molecule has 1 fully saturated rings. The van der Waals surface area contributed by atoms with Crippen molar-refractivity contribution in [3.63, 3.8) is 0 Å². The molecule has 8 heteroatoms. The summed E-state index contributed by atoms with van der Waals surface area (Å²) in [5.41, 5.74) is 1.65. The SMILES string of the molecule is N#Cc1ccc(S(=O)(=O)c2cnc3ccc(Cl)cc3c2N2CCOCC2)cc1. The number of hydrogen-bond acceptors (Lipinski definition) is 6. The molecule has 0 saturated carbocycles. The van der Waals surface area contributed by atoms with Gasteiger partial charge in [-0.25, -0.2) is 8.42 Å². The summed E-state index contributed by atoms with van der Waals surface area (Å²) in [6.07, 6.45) is 1.40. The van der Waals surface area contributed by atoms with Crippen LogP contribution >= 0.6 is 11.6 Å². The molecular weight excluding hydrogens is 398 g/mol. The second-order valence-corrected chi connectivity index (χ2v) is 8.73. The summed E-state index contributed by atoms with van der Waals surface area (Å²) in [6, 6.07) is 13.1. The maximum absolute atomic E-state index is 13.4. The number of rotatable bonds is 3. The van der Waals surface area contributed by atoms with E-state index >= 15 is 0 Å². The highest BCUT2D eigenvalue weighted by Gasteiger charge is 2.27. The molecule has 0 spiro atoms.